The molecule has 3 heteroatoms. The molecular weight excluding hydrogens is 198 g/mol. The van der Waals surface area contributed by atoms with E-state index >= 15 is 0 Å². The number of nitrogens with one attached hydrogen (secondary N) is 1. The Morgan fingerprint density at radius 1 is 1.25 bits per heavy atom. The van der Waals surface area contributed by atoms with Gasteiger partial charge in [0.2, 0.25) is 0 Å². The van der Waals surface area contributed by atoms with Crippen LogP contribution in [0, 0.1) is 5.92 Å². The van der Waals surface area contributed by atoms with Crippen molar-refractivity contribution < 1.29 is 0 Å². The molecule has 2 rings (SSSR count). The van der Waals surface area contributed by atoms with Crippen LogP contribution in [0.2, 0.25) is 0 Å². The summed E-state index contributed by atoms with van der Waals surface area (Å²) < 4.78 is 0. The summed E-state index contributed by atoms with van der Waals surface area (Å²) in [6.45, 7) is 10.9. The van der Waals surface area contributed by atoms with Crippen molar-refractivity contribution in [1.29, 1.82) is 0 Å². The molecule has 16 heavy (non-hydrogen) atoms. The van der Waals surface area contributed by atoms with Crippen molar-refractivity contribution in [2.45, 2.75) is 38.8 Å². The Hall–Kier alpha value is -0.120. The molecule has 3 atom stereocenters. The Kier molecular flexibility index (Phi) is 4.22. The van der Waals surface area contributed by atoms with Crippen LogP contribution in [0.4, 0.5) is 0 Å². The second kappa shape index (κ2) is 5.48. The summed E-state index contributed by atoms with van der Waals surface area (Å²) in [5, 5.41) is 3.57. The first-order valence-corrected chi connectivity index (χ1v) is 6.87. The summed E-state index contributed by atoms with van der Waals surface area (Å²) in [6, 6.07) is 1.50. The van der Waals surface area contributed by atoms with E-state index < -0.39 is 0 Å². The van der Waals surface area contributed by atoms with E-state index in [9.17, 15) is 0 Å². The van der Waals surface area contributed by atoms with Gasteiger partial charge in [0.15, 0.2) is 0 Å². The molecule has 0 aromatic rings. The average Bonchev–Trinajstić information content (AvgIpc) is 2.65. The number of hydrogen-bond donors (Lipinski definition) is 1. The van der Waals surface area contributed by atoms with E-state index in [1.165, 1.54) is 45.6 Å². The average molecular weight is 225 g/mol. The summed E-state index contributed by atoms with van der Waals surface area (Å²) in [5.74, 6) is 0.867. The predicted molar refractivity (Wildman–Crippen MR) is 68.7 cm³/mol. The number of hydrogen-bond acceptors (Lipinski definition) is 3. The third-order valence-corrected chi connectivity index (χ3v) is 4.35. The van der Waals surface area contributed by atoms with Crippen LogP contribution in [0.1, 0.15) is 26.7 Å². The van der Waals surface area contributed by atoms with Crippen molar-refractivity contribution >= 4 is 0 Å². The lowest BCUT2D eigenvalue weighted by atomic mass is 9.98. The molecule has 0 aliphatic carbocycles. The van der Waals surface area contributed by atoms with Gasteiger partial charge in [0.25, 0.3) is 0 Å². The van der Waals surface area contributed by atoms with Gasteiger partial charge in [0.1, 0.15) is 0 Å². The maximum atomic E-state index is 3.57. The van der Waals surface area contributed by atoms with Crippen molar-refractivity contribution in [2.24, 2.45) is 5.92 Å². The maximum Gasteiger partial charge on any atom is 0.0264 e. The van der Waals surface area contributed by atoms with Gasteiger partial charge in [-0.15, -0.1) is 0 Å². The van der Waals surface area contributed by atoms with Gasteiger partial charge in [0.05, 0.1) is 0 Å². The molecule has 2 aliphatic rings. The van der Waals surface area contributed by atoms with E-state index in [0.717, 1.165) is 12.0 Å². The Bertz CT molecular complexity index is 219. The first-order chi connectivity index (χ1) is 7.72. The number of likely N-dealkylation sites (N-methyl/N-ethyl adjacent to an activating group) is 1. The number of nitrogens with zero attached hydrogens (tertiary/aromatic N) is 2. The van der Waals surface area contributed by atoms with Crippen LogP contribution in [0.3, 0.4) is 0 Å². The Labute approximate surface area is 100 Å². The molecule has 2 saturated heterocycles. The standard InChI is InChI=1S/C13H27N3/c1-4-12-8-14-9-13(12)16-7-5-6-15(3)10-11(16)2/h11-14H,4-10H2,1-3H3. The molecular formula is C13H27N3. The zero-order chi connectivity index (χ0) is 11.5. The molecule has 94 valence electrons. The summed E-state index contributed by atoms with van der Waals surface area (Å²) >= 11 is 0. The van der Waals surface area contributed by atoms with Crippen LogP contribution in [0.15, 0.2) is 0 Å². The van der Waals surface area contributed by atoms with E-state index in [1.54, 1.807) is 0 Å². The van der Waals surface area contributed by atoms with E-state index in [4.69, 9.17) is 0 Å². The van der Waals surface area contributed by atoms with Gasteiger partial charge in [-0.1, -0.05) is 13.3 Å². The van der Waals surface area contributed by atoms with Crippen LogP contribution in [0.25, 0.3) is 0 Å². The van der Waals surface area contributed by atoms with Gasteiger partial charge >= 0.3 is 0 Å². The normalized spacial score (nSPS) is 38.8. The molecule has 0 spiro atoms. The van der Waals surface area contributed by atoms with E-state index in [0.29, 0.717) is 6.04 Å². The summed E-state index contributed by atoms with van der Waals surface area (Å²) in [5.41, 5.74) is 0. The van der Waals surface area contributed by atoms with Crippen LogP contribution < -0.4 is 5.32 Å². The van der Waals surface area contributed by atoms with E-state index in [2.05, 4.69) is 36.0 Å². The third-order valence-electron chi connectivity index (χ3n) is 4.35. The maximum absolute atomic E-state index is 3.57. The van der Waals surface area contributed by atoms with Crippen LogP contribution in [-0.2, 0) is 0 Å². The Morgan fingerprint density at radius 3 is 2.81 bits per heavy atom. The second-order valence-electron chi connectivity index (χ2n) is 5.60. The highest BCUT2D eigenvalue weighted by Gasteiger charge is 2.34. The fraction of sp³-hybridized carbons (Fsp3) is 1.00. The molecule has 0 radical (unpaired) electrons. The third kappa shape index (κ3) is 2.58. The second-order valence-corrected chi connectivity index (χ2v) is 5.60. The Morgan fingerprint density at radius 2 is 2.06 bits per heavy atom. The van der Waals surface area contributed by atoms with Gasteiger partial charge in [-0.3, -0.25) is 4.90 Å². The first kappa shape index (κ1) is 12.3. The highest BCUT2D eigenvalue weighted by molar-refractivity contribution is 4.91. The molecule has 3 nitrogen and oxygen atoms in total. The molecule has 0 aromatic heterocycles. The van der Waals surface area contributed by atoms with Crippen LogP contribution in [0.5, 0.6) is 0 Å². The SMILES string of the molecule is CCC1CNCC1N1CCCN(C)CC1C. The van der Waals surface area contributed by atoms with E-state index in [1.807, 2.05) is 0 Å². The van der Waals surface area contributed by atoms with Gasteiger partial charge in [-0.05, 0) is 39.4 Å². The molecule has 0 saturated carbocycles. The fourth-order valence-corrected chi connectivity index (χ4v) is 3.41. The highest BCUT2D eigenvalue weighted by atomic mass is 15.3. The van der Waals surface area contributed by atoms with Crippen molar-refractivity contribution in [1.82, 2.24) is 15.1 Å². The zero-order valence-electron chi connectivity index (χ0n) is 11.1. The summed E-state index contributed by atoms with van der Waals surface area (Å²) in [4.78, 5) is 5.24. The minimum absolute atomic E-state index is 0.714. The lowest BCUT2D eigenvalue weighted by Crippen LogP contribution is -2.48. The van der Waals surface area contributed by atoms with Gasteiger partial charge < -0.3 is 10.2 Å². The van der Waals surface area contributed by atoms with E-state index in [-0.39, 0.29) is 0 Å². The smallest absolute Gasteiger partial charge is 0.0264 e. The largest absolute Gasteiger partial charge is 0.315 e. The van der Waals surface area contributed by atoms with Gasteiger partial charge in [0, 0.05) is 31.7 Å². The van der Waals surface area contributed by atoms with Crippen molar-refractivity contribution in [3.05, 3.63) is 0 Å². The molecule has 1 N–H and O–H groups in total. The van der Waals surface area contributed by atoms with Crippen molar-refractivity contribution in [3.8, 4) is 0 Å². The van der Waals surface area contributed by atoms with Crippen LogP contribution >= 0.6 is 0 Å². The van der Waals surface area contributed by atoms with Crippen molar-refractivity contribution in [2.75, 3.05) is 39.8 Å². The minimum Gasteiger partial charge on any atom is -0.315 e. The molecule has 0 aromatic carbocycles. The van der Waals surface area contributed by atoms with Gasteiger partial charge in [-0.25, -0.2) is 0 Å². The highest BCUT2D eigenvalue weighted by Crippen LogP contribution is 2.23. The summed E-state index contributed by atoms with van der Waals surface area (Å²) in [7, 11) is 2.25. The predicted octanol–water partition coefficient (Wildman–Crippen LogP) is 1.01. The quantitative estimate of drug-likeness (QED) is 0.757. The fourth-order valence-electron chi connectivity index (χ4n) is 3.41. The molecule has 2 fully saturated rings. The molecule has 3 unspecified atom stereocenters. The topological polar surface area (TPSA) is 18.5 Å². The zero-order valence-corrected chi connectivity index (χ0v) is 11.1. The lowest BCUT2D eigenvalue weighted by molar-refractivity contribution is 0.123. The molecule has 0 bridgehead atoms. The monoisotopic (exact) mass is 225 g/mol. The summed E-state index contributed by atoms with van der Waals surface area (Å²) in [6.07, 6.45) is 2.64. The number of rotatable bonds is 2. The first-order valence-electron chi connectivity index (χ1n) is 6.87. The van der Waals surface area contributed by atoms with Crippen LogP contribution in [-0.4, -0.2) is 61.7 Å². The minimum atomic E-state index is 0.714. The lowest BCUT2D eigenvalue weighted by Gasteiger charge is -2.36. The van der Waals surface area contributed by atoms with Crippen molar-refractivity contribution in [3.63, 3.8) is 0 Å². The molecule has 0 amide bonds. The Balaban J connectivity index is 2.01. The van der Waals surface area contributed by atoms with Gasteiger partial charge in [-0.2, -0.15) is 0 Å². The molecule has 2 aliphatic heterocycles. The molecule has 2 heterocycles.